The molecule has 0 aromatic carbocycles. The molecule has 4 nitrogen and oxygen atoms in total. The number of halogens is 4. The summed E-state index contributed by atoms with van der Waals surface area (Å²) < 4.78 is 52.3. The molecule has 0 saturated carbocycles. The van der Waals surface area contributed by atoms with Crippen LogP contribution >= 0.6 is 0 Å². The van der Waals surface area contributed by atoms with E-state index in [1.165, 1.54) is 6.07 Å². The first-order chi connectivity index (χ1) is 9.95. The minimum atomic E-state index is -4.57. The summed E-state index contributed by atoms with van der Waals surface area (Å²) in [6.07, 6.45) is -3.26. The van der Waals surface area contributed by atoms with Crippen LogP contribution < -0.4 is 5.32 Å². The standard InChI is InChI=1S/C13H10F4N4/c14-7-1-2-10(19-5-7)12-20-9-3-4-18-6-8(9)11(21-12)13(15,16)17/h1-2,5,18H,3-4,6H2. The van der Waals surface area contributed by atoms with Gasteiger partial charge < -0.3 is 5.32 Å². The van der Waals surface area contributed by atoms with E-state index in [1.54, 1.807) is 0 Å². The van der Waals surface area contributed by atoms with Gasteiger partial charge in [-0.2, -0.15) is 13.2 Å². The van der Waals surface area contributed by atoms with Crippen molar-refractivity contribution in [3.05, 3.63) is 41.1 Å². The molecular weight excluding hydrogens is 288 g/mol. The molecule has 0 spiro atoms. The highest BCUT2D eigenvalue weighted by molar-refractivity contribution is 5.51. The summed E-state index contributed by atoms with van der Waals surface area (Å²) in [4.78, 5) is 11.5. The summed E-state index contributed by atoms with van der Waals surface area (Å²) in [5.74, 6) is -0.708. The molecule has 0 fully saturated rings. The fourth-order valence-electron chi connectivity index (χ4n) is 2.20. The molecule has 0 unspecified atom stereocenters. The maximum Gasteiger partial charge on any atom is 0.433 e. The normalized spacial score (nSPS) is 14.9. The molecule has 0 saturated heterocycles. The topological polar surface area (TPSA) is 50.7 Å². The molecule has 2 aromatic heterocycles. The second-order valence-electron chi connectivity index (χ2n) is 4.61. The SMILES string of the molecule is Fc1ccc(-c2nc3c(c(C(F)(F)F)n2)CNCC3)nc1. The second-order valence-corrected chi connectivity index (χ2v) is 4.61. The summed E-state index contributed by atoms with van der Waals surface area (Å²) in [5.41, 5.74) is -0.416. The summed E-state index contributed by atoms with van der Waals surface area (Å²) in [7, 11) is 0. The lowest BCUT2D eigenvalue weighted by molar-refractivity contribution is -0.142. The predicted molar refractivity (Wildman–Crippen MR) is 65.6 cm³/mol. The number of rotatable bonds is 1. The van der Waals surface area contributed by atoms with Gasteiger partial charge >= 0.3 is 6.18 Å². The molecule has 1 aliphatic rings. The van der Waals surface area contributed by atoms with Gasteiger partial charge in [0.1, 0.15) is 11.5 Å². The monoisotopic (exact) mass is 298 g/mol. The summed E-state index contributed by atoms with van der Waals surface area (Å²) in [6, 6.07) is 2.37. The van der Waals surface area contributed by atoms with E-state index in [0.717, 1.165) is 12.3 Å². The summed E-state index contributed by atoms with van der Waals surface area (Å²) >= 11 is 0. The van der Waals surface area contributed by atoms with E-state index in [-0.39, 0.29) is 23.6 Å². The van der Waals surface area contributed by atoms with Crippen LogP contribution in [0.3, 0.4) is 0 Å². The Labute approximate surface area is 117 Å². The van der Waals surface area contributed by atoms with E-state index >= 15 is 0 Å². The summed E-state index contributed by atoms with van der Waals surface area (Å²) in [6.45, 7) is 0.638. The molecule has 1 aliphatic heterocycles. The van der Waals surface area contributed by atoms with Gasteiger partial charge in [0.05, 0.1) is 11.9 Å². The average Bonchev–Trinajstić information content (AvgIpc) is 2.46. The number of hydrogen-bond donors (Lipinski definition) is 1. The zero-order valence-electron chi connectivity index (χ0n) is 10.7. The third-order valence-electron chi connectivity index (χ3n) is 3.16. The van der Waals surface area contributed by atoms with Crippen molar-refractivity contribution in [3.8, 4) is 11.5 Å². The Bertz CT molecular complexity index is 667. The van der Waals surface area contributed by atoms with Crippen LogP contribution in [-0.4, -0.2) is 21.5 Å². The molecule has 110 valence electrons. The van der Waals surface area contributed by atoms with Gasteiger partial charge in [0, 0.05) is 25.1 Å². The number of aromatic nitrogens is 3. The third kappa shape index (κ3) is 2.71. The minimum absolute atomic E-state index is 0.0691. The molecule has 8 heteroatoms. The summed E-state index contributed by atoms with van der Waals surface area (Å²) in [5, 5.41) is 2.87. The van der Waals surface area contributed by atoms with Gasteiger partial charge in [0.25, 0.3) is 0 Å². The highest BCUT2D eigenvalue weighted by atomic mass is 19.4. The van der Waals surface area contributed by atoms with Gasteiger partial charge in [-0.15, -0.1) is 0 Å². The smallest absolute Gasteiger partial charge is 0.312 e. The van der Waals surface area contributed by atoms with Crippen molar-refractivity contribution in [2.75, 3.05) is 6.54 Å². The quantitative estimate of drug-likeness (QED) is 0.821. The van der Waals surface area contributed by atoms with Crippen LogP contribution in [-0.2, 0) is 19.1 Å². The minimum Gasteiger partial charge on any atom is -0.312 e. The first kappa shape index (κ1) is 13.9. The van der Waals surface area contributed by atoms with E-state index in [0.29, 0.717) is 18.7 Å². The van der Waals surface area contributed by atoms with Gasteiger partial charge in [-0.3, -0.25) is 0 Å². The highest BCUT2D eigenvalue weighted by Crippen LogP contribution is 2.33. The Morgan fingerprint density at radius 1 is 1.14 bits per heavy atom. The van der Waals surface area contributed by atoms with Gasteiger partial charge in [-0.1, -0.05) is 0 Å². The van der Waals surface area contributed by atoms with Crippen LogP contribution in [0.5, 0.6) is 0 Å². The highest BCUT2D eigenvalue weighted by Gasteiger charge is 2.38. The molecule has 3 rings (SSSR count). The van der Waals surface area contributed by atoms with Crippen molar-refractivity contribution in [1.82, 2.24) is 20.3 Å². The Morgan fingerprint density at radius 3 is 2.62 bits per heavy atom. The van der Waals surface area contributed by atoms with E-state index in [9.17, 15) is 17.6 Å². The molecule has 2 aromatic rings. The van der Waals surface area contributed by atoms with Crippen LogP contribution in [0, 0.1) is 5.82 Å². The number of nitrogens with zero attached hydrogens (tertiary/aromatic N) is 3. The lowest BCUT2D eigenvalue weighted by Crippen LogP contribution is -2.29. The molecule has 3 heterocycles. The fourth-order valence-corrected chi connectivity index (χ4v) is 2.20. The molecule has 0 radical (unpaired) electrons. The average molecular weight is 298 g/mol. The van der Waals surface area contributed by atoms with Crippen LogP contribution in [0.4, 0.5) is 17.6 Å². The van der Waals surface area contributed by atoms with Crippen molar-refractivity contribution in [1.29, 1.82) is 0 Å². The Kier molecular flexibility index (Phi) is 3.32. The molecule has 0 bridgehead atoms. The molecule has 0 aliphatic carbocycles. The zero-order valence-corrected chi connectivity index (χ0v) is 10.7. The molecule has 1 N–H and O–H groups in total. The number of pyridine rings is 1. The van der Waals surface area contributed by atoms with Gasteiger partial charge in [-0.25, -0.2) is 19.3 Å². The van der Waals surface area contributed by atoms with E-state index < -0.39 is 17.7 Å². The largest absolute Gasteiger partial charge is 0.433 e. The van der Waals surface area contributed by atoms with Crippen LogP contribution in [0.15, 0.2) is 18.3 Å². The van der Waals surface area contributed by atoms with Crippen LogP contribution in [0.25, 0.3) is 11.5 Å². The fraction of sp³-hybridized carbons (Fsp3) is 0.308. The number of alkyl halides is 3. The Hall–Kier alpha value is -2.09. The maximum absolute atomic E-state index is 13.1. The zero-order chi connectivity index (χ0) is 15.0. The predicted octanol–water partition coefficient (Wildman–Crippen LogP) is 2.34. The van der Waals surface area contributed by atoms with Crippen molar-refractivity contribution in [2.24, 2.45) is 0 Å². The van der Waals surface area contributed by atoms with Crippen LogP contribution in [0.2, 0.25) is 0 Å². The number of fused-ring (bicyclic) bond motifs is 1. The Morgan fingerprint density at radius 2 is 1.95 bits per heavy atom. The van der Waals surface area contributed by atoms with Gasteiger partial charge in [-0.05, 0) is 12.1 Å². The van der Waals surface area contributed by atoms with Crippen molar-refractivity contribution in [3.63, 3.8) is 0 Å². The second kappa shape index (κ2) is 5.03. The third-order valence-corrected chi connectivity index (χ3v) is 3.16. The van der Waals surface area contributed by atoms with E-state index in [4.69, 9.17) is 0 Å². The Balaban J connectivity index is 2.16. The maximum atomic E-state index is 13.1. The first-order valence-corrected chi connectivity index (χ1v) is 6.25. The number of hydrogen-bond acceptors (Lipinski definition) is 4. The molecule has 21 heavy (non-hydrogen) atoms. The van der Waals surface area contributed by atoms with Crippen LogP contribution in [0.1, 0.15) is 17.0 Å². The molecule has 0 amide bonds. The van der Waals surface area contributed by atoms with Gasteiger partial charge in [0.2, 0.25) is 0 Å². The lowest BCUT2D eigenvalue weighted by atomic mass is 10.0. The van der Waals surface area contributed by atoms with E-state index in [2.05, 4.69) is 20.3 Å². The number of nitrogens with one attached hydrogen (secondary N) is 1. The molecular formula is C13H10F4N4. The molecule has 0 atom stereocenters. The van der Waals surface area contributed by atoms with Gasteiger partial charge in [0.15, 0.2) is 11.5 Å². The lowest BCUT2D eigenvalue weighted by Gasteiger charge is -2.21. The van der Waals surface area contributed by atoms with Crippen molar-refractivity contribution >= 4 is 0 Å². The van der Waals surface area contributed by atoms with E-state index in [1.807, 2.05) is 0 Å². The first-order valence-electron chi connectivity index (χ1n) is 6.25. The van der Waals surface area contributed by atoms with Crippen molar-refractivity contribution < 1.29 is 17.6 Å². The van der Waals surface area contributed by atoms with Crippen molar-refractivity contribution in [2.45, 2.75) is 19.1 Å².